The van der Waals surface area contributed by atoms with Crippen LogP contribution in [0.4, 0.5) is 5.95 Å². The van der Waals surface area contributed by atoms with Crippen molar-refractivity contribution >= 4 is 21.8 Å². The number of sulfonamides is 1. The average molecular weight is 467 g/mol. The molecule has 3 heterocycles. The predicted octanol–water partition coefficient (Wildman–Crippen LogP) is 1.89. The van der Waals surface area contributed by atoms with Crippen LogP contribution in [0.3, 0.4) is 0 Å². The summed E-state index contributed by atoms with van der Waals surface area (Å²) in [6, 6.07) is 3.56. The fraction of sp³-hybridized carbons (Fsp3) is 0.550. The van der Waals surface area contributed by atoms with Crippen molar-refractivity contribution in [2.75, 3.05) is 39.1 Å². The van der Waals surface area contributed by atoms with Crippen molar-refractivity contribution in [3.05, 3.63) is 29.7 Å². The summed E-state index contributed by atoms with van der Waals surface area (Å²) < 4.78 is 47.1. The Hall–Kier alpha value is -2.70. The van der Waals surface area contributed by atoms with Crippen LogP contribution in [0.1, 0.15) is 19.6 Å². The first-order valence-corrected chi connectivity index (χ1v) is 11.7. The first-order valence-electron chi connectivity index (χ1n) is 10.2. The second kappa shape index (κ2) is 9.84. The first kappa shape index (κ1) is 24.0. The van der Waals surface area contributed by atoms with Gasteiger partial charge in [-0.1, -0.05) is 0 Å². The Bertz CT molecular complexity index is 1100. The Morgan fingerprint density at radius 3 is 2.59 bits per heavy atom. The molecule has 0 saturated heterocycles. The molecule has 0 unspecified atom stereocenters. The van der Waals surface area contributed by atoms with E-state index in [2.05, 4.69) is 19.9 Å². The number of nitrogens with zero attached hydrogens (tertiary/aromatic N) is 5. The van der Waals surface area contributed by atoms with Gasteiger partial charge in [-0.25, -0.2) is 13.4 Å². The van der Waals surface area contributed by atoms with Gasteiger partial charge in [0, 0.05) is 34.0 Å². The van der Waals surface area contributed by atoms with Gasteiger partial charge in [0.2, 0.25) is 21.8 Å². The molecule has 2 aromatic heterocycles. The third-order valence-corrected chi connectivity index (χ3v) is 6.88. The van der Waals surface area contributed by atoms with Crippen LogP contribution in [0.15, 0.2) is 33.3 Å². The Morgan fingerprint density at radius 2 is 2.00 bits per heavy atom. The molecule has 0 fully saturated rings. The van der Waals surface area contributed by atoms with E-state index in [1.54, 1.807) is 36.9 Å². The zero-order chi connectivity index (χ0) is 23.5. The number of methoxy groups -OCH3 is 2. The van der Waals surface area contributed by atoms with E-state index in [-0.39, 0.29) is 5.95 Å². The lowest BCUT2D eigenvalue weighted by atomic mass is 10.2. The van der Waals surface area contributed by atoms with Crippen molar-refractivity contribution in [3.63, 3.8) is 0 Å². The summed E-state index contributed by atoms with van der Waals surface area (Å²) in [6.45, 7) is 6.67. The first-order chi connectivity index (χ1) is 15.2. The van der Waals surface area contributed by atoms with E-state index >= 15 is 0 Å². The fourth-order valence-electron chi connectivity index (χ4n) is 3.46. The second-order valence-corrected chi connectivity index (χ2v) is 9.77. The van der Waals surface area contributed by atoms with Gasteiger partial charge in [0.15, 0.2) is 5.76 Å². The standard InChI is InChI=1S/C20H30N6O5S/c1-13-11-21-19(25(4)12-13)17(30-6)15(3)32(27,28)24-20-23-22-18(26(20)9-10-29-5)16-8-7-14(2)31-16/h7-8,11,15,17H,9-10,12H2,1-6H3,(H,23,24)/t15-,17-/m0/s1. The van der Waals surface area contributed by atoms with Crippen LogP contribution in [-0.2, 0) is 26.0 Å². The molecule has 1 aliphatic heterocycles. The van der Waals surface area contributed by atoms with Gasteiger partial charge >= 0.3 is 0 Å². The number of aromatic nitrogens is 3. The second-order valence-electron chi connectivity index (χ2n) is 7.73. The highest BCUT2D eigenvalue weighted by Gasteiger charge is 2.36. The number of rotatable bonds is 10. The molecule has 2 aromatic rings. The molecule has 3 rings (SSSR count). The maximum Gasteiger partial charge on any atom is 0.240 e. The molecule has 11 nitrogen and oxygen atoms in total. The van der Waals surface area contributed by atoms with Gasteiger partial charge in [-0.3, -0.25) is 9.29 Å². The number of aryl methyl sites for hydroxylation is 1. The average Bonchev–Trinajstić information content (AvgIpc) is 3.33. The molecule has 176 valence electrons. The predicted molar refractivity (Wildman–Crippen MR) is 121 cm³/mol. The minimum absolute atomic E-state index is 0.0717. The third-order valence-electron chi connectivity index (χ3n) is 5.18. The Labute approximate surface area is 188 Å². The van der Waals surface area contributed by atoms with Crippen LogP contribution in [-0.4, -0.2) is 79.7 Å². The van der Waals surface area contributed by atoms with Crippen LogP contribution in [0.5, 0.6) is 0 Å². The van der Waals surface area contributed by atoms with Crippen LogP contribution in [0.2, 0.25) is 0 Å². The van der Waals surface area contributed by atoms with Gasteiger partial charge in [0.25, 0.3) is 0 Å². The lowest BCUT2D eigenvalue weighted by Gasteiger charge is -2.32. The highest BCUT2D eigenvalue weighted by molar-refractivity contribution is 7.93. The topological polar surface area (TPSA) is 124 Å². The SMILES string of the molecule is COCCn1c(NS(=O)(=O)[C@@H](C)[C@H](OC)C2=NC=C(C)CN2C)nnc1-c1ccc(C)o1. The van der Waals surface area contributed by atoms with E-state index in [1.165, 1.54) is 7.11 Å². The maximum atomic E-state index is 13.3. The summed E-state index contributed by atoms with van der Waals surface area (Å²) in [5, 5.41) is 7.24. The number of hydrogen-bond acceptors (Lipinski definition) is 9. The molecule has 0 aliphatic carbocycles. The largest absolute Gasteiger partial charge is 0.458 e. The molecule has 0 saturated carbocycles. The minimum Gasteiger partial charge on any atom is -0.458 e. The maximum absolute atomic E-state index is 13.3. The van der Waals surface area contributed by atoms with Crippen LogP contribution >= 0.6 is 0 Å². The van der Waals surface area contributed by atoms with Crippen molar-refractivity contribution in [1.29, 1.82) is 0 Å². The summed E-state index contributed by atoms with van der Waals surface area (Å²) in [4.78, 5) is 6.29. The molecular formula is C20H30N6O5S. The minimum atomic E-state index is -3.92. The Balaban J connectivity index is 1.90. The van der Waals surface area contributed by atoms with E-state index in [4.69, 9.17) is 13.9 Å². The number of hydrogen-bond donors (Lipinski definition) is 1. The number of anilines is 1. The Kier molecular flexibility index (Phi) is 7.36. The number of nitrogens with one attached hydrogen (secondary N) is 1. The molecule has 0 amide bonds. The van der Waals surface area contributed by atoms with E-state index in [0.29, 0.717) is 42.9 Å². The molecule has 0 spiro atoms. The molecular weight excluding hydrogens is 436 g/mol. The lowest BCUT2D eigenvalue weighted by Crippen LogP contribution is -2.48. The zero-order valence-electron chi connectivity index (χ0n) is 19.2. The van der Waals surface area contributed by atoms with Crippen LogP contribution < -0.4 is 4.72 Å². The van der Waals surface area contributed by atoms with Crippen molar-refractivity contribution in [2.24, 2.45) is 4.99 Å². The van der Waals surface area contributed by atoms with Crippen molar-refractivity contribution in [2.45, 2.75) is 38.7 Å². The van der Waals surface area contributed by atoms with Gasteiger partial charge < -0.3 is 18.8 Å². The van der Waals surface area contributed by atoms with Gasteiger partial charge in [0.05, 0.1) is 13.2 Å². The normalized spacial score (nSPS) is 16.5. The number of furan rings is 1. The highest BCUT2D eigenvalue weighted by Crippen LogP contribution is 2.25. The summed E-state index contributed by atoms with van der Waals surface area (Å²) in [7, 11) is 0.966. The number of likely N-dealkylation sites (N-methyl/N-ethyl adjacent to an activating group) is 1. The van der Waals surface area contributed by atoms with E-state index in [0.717, 1.165) is 5.57 Å². The molecule has 32 heavy (non-hydrogen) atoms. The molecule has 1 N–H and O–H groups in total. The summed E-state index contributed by atoms with van der Waals surface area (Å²) in [5.41, 5.74) is 1.08. The molecule has 0 aromatic carbocycles. The van der Waals surface area contributed by atoms with Gasteiger partial charge in [0.1, 0.15) is 22.9 Å². The van der Waals surface area contributed by atoms with Gasteiger partial charge in [-0.05, 0) is 38.5 Å². The number of amidine groups is 1. The molecule has 12 heteroatoms. The summed E-state index contributed by atoms with van der Waals surface area (Å²) in [5.74, 6) is 2.22. The highest BCUT2D eigenvalue weighted by atomic mass is 32.2. The fourth-order valence-corrected chi connectivity index (χ4v) is 4.61. The quantitative estimate of drug-likeness (QED) is 0.563. The summed E-state index contributed by atoms with van der Waals surface area (Å²) in [6.07, 6.45) is 0.956. The molecule has 2 atom stereocenters. The van der Waals surface area contributed by atoms with Crippen molar-refractivity contribution in [1.82, 2.24) is 19.7 Å². The van der Waals surface area contributed by atoms with Crippen LogP contribution in [0, 0.1) is 6.92 Å². The van der Waals surface area contributed by atoms with Crippen LogP contribution in [0.25, 0.3) is 11.6 Å². The third kappa shape index (κ3) is 5.03. The number of aliphatic imine (C=N–C) groups is 1. The molecule has 0 bridgehead atoms. The van der Waals surface area contributed by atoms with Crippen molar-refractivity contribution in [3.8, 4) is 11.6 Å². The zero-order valence-corrected chi connectivity index (χ0v) is 20.0. The lowest BCUT2D eigenvalue weighted by molar-refractivity contribution is 0.144. The Morgan fingerprint density at radius 1 is 1.25 bits per heavy atom. The summed E-state index contributed by atoms with van der Waals surface area (Å²) >= 11 is 0. The molecule has 1 aliphatic rings. The smallest absolute Gasteiger partial charge is 0.240 e. The van der Waals surface area contributed by atoms with E-state index in [1.807, 2.05) is 25.8 Å². The van der Waals surface area contributed by atoms with E-state index < -0.39 is 21.4 Å². The monoisotopic (exact) mass is 466 g/mol. The van der Waals surface area contributed by atoms with Gasteiger partial charge in [-0.2, -0.15) is 0 Å². The van der Waals surface area contributed by atoms with Gasteiger partial charge in [-0.15, -0.1) is 10.2 Å². The number of ether oxygens (including phenoxy) is 2. The molecule has 0 radical (unpaired) electrons. The van der Waals surface area contributed by atoms with E-state index in [9.17, 15) is 8.42 Å². The van der Waals surface area contributed by atoms with Crippen molar-refractivity contribution < 1.29 is 22.3 Å².